The van der Waals surface area contributed by atoms with Crippen LogP contribution in [0.1, 0.15) is 168 Å². The summed E-state index contributed by atoms with van der Waals surface area (Å²) in [6, 6.07) is 0. The van der Waals surface area contributed by atoms with Crippen molar-refractivity contribution in [3.05, 3.63) is 0 Å². The molecule has 0 aliphatic heterocycles. The van der Waals surface area contributed by atoms with Gasteiger partial charge in [-0.15, -0.1) is 0 Å². The van der Waals surface area contributed by atoms with E-state index < -0.39 is 0 Å². The second-order valence-electron chi connectivity index (χ2n) is 10.4. The van der Waals surface area contributed by atoms with Crippen LogP contribution in [0.15, 0.2) is 0 Å². The highest BCUT2D eigenvalue weighted by atomic mass is 32.1. The molecule has 0 aromatic heterocycles. The van der Waals surface area contributed by atoms with Gasteiger partial charge in [0.2, 0.25) is 0 Å². The smallest absolute Gasteiger partial charge is 0.00334 e. The summed E-state index contributed by atoms with van der Waals surface area (Å²) in [4.78, 5) is 0. The van der Waals surface area contributed by atoms with E-state index in [1.54, 1.807) is 0 Å². The molecule has 0 unspecified atom stereocenters. The van der Waals surface area contributed by atoms with Crippen molar-refractivity contribution < 1.29 is 0 Å². The van der Waals surface area contributed by atoms with Crippen molar-refractivity contribution in [3.8, 4) is 0 Å². The Morgan fingerprint density at radius 3 is 0.806 bits per heavy atom. The van der Waals surface area contributed by atoms with E-state index in [4.69, 9.17) is 25.3 Å². The van der Waals surface area contributed by atoms with E-state index in [1.807, 2.05) is 0 Å². The molecule has 0 amide bonds. The van der Waals surface area contributed by atoms with Crippen LogP contribution < -0.4 is 0 Å². The van der Waals surface area contributed by atoms with Crippen LogP contribution in [0.2, 0.25) is 0 Å². The fourth-order valence-electron chi connectivity index (χ4n) is 4.82. The lowest BCUT2D eigenvalue weighted by Gasteiger charge is -2.31. The van der Waals surface area contributed by atoms with Gasteiger partial charge in [-0.25, -0.2) is 0 Å². The van der Waals surface area contributed by atoms with E-state index in [0.717, 1.165) is 11.5 Å². The summed E-state index contributed by atoms with van der Waals surface area (Å²) >= 11 is 9.49. The predicted octanol–water partition coefficient (Wildman–Crippen LogP) is 11.2. The summed E-state index contributed by atoms with van der Waals surface area (Å²) in [5.74, 6) is 2.04. The lowest BCUT2D eigenvalue weighted by molar-refractivity contribution is 0.298. The van der Waals surface area contributed by atoms with Gasteiger partial charge >= 0.3 is 0 Å². The van der Waals surface area contributed by atoms with Crippen molar-refractivity contribution >= 4 is 25.3 Å². The van der Waals surface area contributed by atoms with Crippen molar-refractivity contribution in [2.45, 2.75) is 168 Å². The van der Waals surface area contributed by atoms with Crippen LogP contribution in [0.4, 0.5) is 0 Å². The van der Waals surface area contributed by atoms with Gasteiger partial charge in [0.1, 0.15) is 0 Å². The lowest BCUT2D eigenvalue weighted by Crippen LogP contribution is -2.25. The summed E-state index contributed by atoms with van der Waals surface area (Å²) in [7, 11) is 0. The predicted molar refractivity (Wildman–Crippen MR) is 152 cm³/mol. The molecule has 0 aliphatic carbocycles. The van der Waals surface area contributed by atoms with Crippen molar-refractivity contribution in [3.63, 3.8) is 0 Å². The highest BCUT2D eigenvalue weighted by molar-refractivity contribution is 7.81. The molecule has 0 aromatic rings. The average molecular weight is 473 g/mol. The summed E-state index contributed by atoms with van der Waals surface area (Å²) in [6.07, 6.45) is 34.2. The molecule has 0 N–H and O–H groups in total. The molecular weight excluding hydrogens is 412 g/mol. The molecule has 0 radical (unpaired) electrons. The maximum atomic E-state index is 4.74. The normalized spacial score (nSPS) is 12.0. The Morgan fingerprint density at radius 2 is 0.581 bits per heavy atom. The first kappa shape index (κ1) is 31.7. The van der Waals surface area contributed by atoms with E-state index >= 15 is 0 Å². The third-order valence-electron chi connectivity index (χ3n) is 7.29. The van der Waals surface area contributed by atoms with Gasteiger partial charge < -0.3 is 0 Å². The molecule has 0 bridgehead atoms. The van der Waals surface area contributed by atoms with E-state index in [-0.39, 0.29) is 0 Å². The molecule has 0 heterocycles. The van der Waals surface area contributed by atoms with Crippen LogP contribution in [0.25, 0.3) is 0 Å². The minimum absolute atomic E-state index is 0.394. The molecule has 188 valence electrons. The Labute approximate surface area is 209 Å². The second kappa shape index (κ2) is 25.3. The topological polar surface area (TPSA) is 0 Å². The van der Waals surface area contributed by atoms with E-state index in [0.29, 0.717) is 5.41 Å². The minimum Gasteiger partial charge on any atom is -0.179 e. The number of hydrogen-bond acceptors (Lipinski definition) is 2. The van der Waals surface area contributed by atoms with Gasteiger partial charge in [0.25, 0.3) is 0 Å². The largest absolute Gasteiger partial charge is 0.179 e. The molecule has 0 rings (SSSR count). The van der Waals surface area contributed by atoms with Crippen LogP contribution in [0.3, 0.4) is 0 Å². The first-order chi connectivity index (χ1) is 15.2. The Hall–Kier alpha value is 0.700. The molecule has 0 aliphatic rings. The highest BCUT2D eigenvalue weighted by Crippen LogP contribution is 2.34. The van der Waals surface area contributed by atoms with Crippen molar-refractivity contribution in [2.75, 3.05) is 11.5 Å². The van der Waals surface area contributed by atoms with Crippen molar-refractivity contribution in [2.24, 2.45) is 5.41 Å². The van der Waals surface area contributed by atoms with Gasteiger partial charge in [-0.2, -0.15) is 25.3 Å². The van der Waals surface area contributed by atoms with Gasteiger partial charge in [-0.05, 0) is 29.8 Å². The molecule has 0 saturated heterocycles. The molecule has 0 spiro atoms. The quantitative estimate of drug-likeness (QED) is 0.0907. The Kier molecular flexibility index (Phi) is 25.9. The van der Waals surface area contributed by atoms with Crippen molar-refractivity contribution in [1.29, 1.82) is 0 Å². The zero-order valence-corrected chi connectivity index (χ0v) is 23.6. The summed E-state index contributed by atoms with van der Waals surface area (Å²) < 4.78 is 0. The summed E-state index contributed by atoms with van der Waals surface area (Å²) in [6.45, 7) is 4.60. The number of unbranched alkanes of at least 4 members (excludes halogenated alkanes) is 20. The van der Waals surface area contributed by atoms with Gasteiger partial charge in [0.15, 0.2) is 0 Å². The molecule has 0 nitrogen and oxygen atoms in total. The fraction of sp³-hybridized carbons (Fsp3) is 1.00. The van der Waals surface area contributed by atoms with Gasteiger partial charge in [0.05, 0.1) is 0 Å². The van der Waals surface area contributed by atoms with Gasteiger partial charge in [-0.1, -0.05) is 155 Å². The maximum absolute atomic E-state index is 4.74. The Bertz CT molecular complexity index is 297. The maximum Gasteiger partial charge on any atom is -0.00334 e. The zero-order chi connectivity index (χ0) is 22.9. The molecular formula is C29H60S2. The Balaban J connectivity index is 3.61. The summed E-state index contributed by atoms with van der Waals surface area (Å²) in [5.41, 5.74) is 0.394. The monoisotopic (exact) mass is 472 g/mol. The van der Waals surface area contributed by atoms with E-state index in [9.17, 15) is 0 Å². The molecule has 0 saturated carbocycles. The standard InChI is InChI=1S/C29H60S2/c1-3-5-7-9-11-13-15-17-19-21-23-25-29(27-30,28-31)26-24-22-20-18-16-14-12-10-8-6-4-2/h30-31H,3-28H2,1-2H3. The molecule has 31 heavy (non-hydrogen) atoms. The van der Waals surface area contributed by atoms with Crippen LogP contribution in [-0.2, 0) is 0 Å². The first-order valence-corrected chi connectivity index (χ1v) is 15.7. The SMILES string of the molecule is CCCCCCCCCCCCCC(CS)(CS)CCCCCCCCCCCCC. The third-order valence-corrected chi connectivity index (χ3v) is 8.63. The van der Waals surface area contributed by atoms with Crippen LogP contribution in [-0.4, -0.2) is 11.5 Å². The number of thiol groups is 2. The Morgan fingerprint density at radius 1 is 0.355 bits per heavy atom. The van der Waals surface area contributed by atoms with Gasteiger partial charge in [-0.3, -0.25) is 0 Å². The minimum atomic E-state index is 0.394. The van der Waals surface area contributed by atoms with Gasteiger partial charge in [0, 0.05) is 0 Å². The summed E-state index contributed by atoms with van der Waals surface area (Å²) in [5, 5.41) is 0. The van der Waals surface area contributed by atoms with Crippen LogP contribution in [0, 0.1) is 5.41 Å². The van der Waals surface area contributed by atoms with Crippen molar-refractivity contribution in [1.82, 2.24) is 0 Å². The van der Waals surface area contributed by atoms with Crippen LogP contribution in [0.5, 0.6) is 0 Å². The van der Waals surface area contributed by atoms with Crippen LogP contribution >= 0.6 is 25.3 Å². The van der Waals surface area contributed by atoms with E-state index in [1.165, 1.54) is 154 Å². The molecule has 0 fully saturated rings. The third kappa shape index (κ3) is 21.0. The number of rotatable bonds is 26. The molecule has 0 atom stereocenters. The fourth-order valence-corrected chi connectivity index (χ4v) is 5.85. The zero-order valence-electron chi connectivity index (χ0n) is 21.8. The molecule has 0 aromatic carbocycles. The lowest BCUT2D eigenvalue weighted by atomic mass is 9.81. The van der Waals surface area contributed by atoms with E-state index in [2.05, 4.69) is 13.8 Å². The number of hydrogen-bond donors (Lipinski definition) is 2. The average Bonchev–Trinajstić information content (AvgIpc) is 2.79. The highest BCUT2D eigenvalue weighted by Gasteiger charge is 2.25. The second-order valence-corrected chi connectivity index (χ2v) is 11.0. The molecule has 2 heteroatoms. The first-order valence-electron chi connectivity index (χ1n) is 14.5.